The molecule has 0 spiro atoms. The maximum Gasteiger partial charge on any atom is 0.255 e. The summed E-state index contributed by atoms with van der Waals surface area (Å²) in [5.41, 5.74) is 0.525. The molecule has 0 bridgehead atoms. The summed E-state index contributed by atoms with van der Waals surface area (Å²) in [5.74, 6) is 1.04. The molecule has 0 radical (unpaired) electrons. The van der Waals surface area contributed by atoms with Crippen LogP contribution in [0.5, 0.6) is 11.5 Å². The fourth-order valence-electron chi connectivity index (χ4n) is 2.75. The number of halogens is 1. The fourth-order valence-corrected chi connectivity index (χ4v) is 3.09. The Kier molecular flexibility index (Phi) is 4.01. The normalized spacial score (nSPS) is 25.1. The average Bonchev–Trinajstić information content (AvgIpc) is 2.49. The number of carbonyl (C=O) groups is 1. The van der Waals surface area contributed by atoms with Gasteiger partial charge in [0.2, 0.25) is 0 Å². The van der Waals surface area contributed by atoms with Crippen LogP contribution < -0.4 is 14.8 Å². The van der Waals surface area contributed by atoms with E-state index >= 15 is 0 Å². The number of amides is 1. The number of alkyl halides is 1. The van der Waals surface area contributed by atoms with E-state index in [1.165, 1.54) is 0 Å². The summed E-state index contributed by atoms with van der Waals surface area (Å²) >= 11 is 6.29. The lowest BCUT2D eigenvalue weighted by Gasteiger charge is -2.28. The smallest absolute Gasteiger partial charge is 0.255 e. The van der Waals surface area contributed by atoms with Crippen LogP contribution in [0, 0.1) is 0 Å². The van der Waals surface area contributed by atoms with Gasteiger partial charge in [0.1, 0.15) is 13.2 Å². The van der Waals surface area contributed by atoms with Crippen LogP contribution in [-0.2, 0) is 0 Å². The molecule has 3 rings (SSSR count). The van der Waals surface area contributed by atoms with Crippen molar-refractivity contribution in [2.75, 3.05) is 13.2 Å². The van der Waals surface area contributed by atoms with Crippen LogP contribution in [0.25, 0.3) is 0 Å². The van der Waals surface area contributed by atoms with Crippen molar-refractivity contribution in [3.8, 4) is 11.5 Å². The summed E-state index contributed by atoms with van der Waals surface area (Å²) in [5, 5.41) is 3.05. The summed E-state index contributed by atoms with van der Waals surface area (Å²) in [6.07, 6.45) is 4.14. The van der Waals surface area contributed by atoms with Crippen molar-refractivity contribution in [1.82, 2.24) is 5.32 Å². The van der Waals surface area contributed by atoms with E-state index in [1.807, 2.05) is 12.1 Å². The standard InChI is InChI=1S/C15H18ClNO3/c16-11-5-1-2-6-12(11)17-15(18)10-4-3-7-13-14(10)20-9-8-19-13/h3-4,7,11-12H,1-2,5-6,8-9H2,(H,17,18). The molecule has 5 heteroatoms. The van der Waals surface area contributed by atoms with Gasteiger partial charge in [-0.15, -0.1) is 11.6 Å². The second-order valence-electron chi connectivity index (χ2n) is 5.21. The van der Waals surface area contributed by atoms with Gasteiger partial charge in [0, 0.05) is 6.04 Å². The molecule has 0 aromatic heterocycles. The SMILES string of the molecule is O=C(NC1CCCCC1Cl)c1cccc2c1OCCO2. The molecule has 1 heterocycles. The first-order valence-electron chi connectivity index (χ1n) is 7.09. The molecule has 1 N–H and O–H groups in total. The Balaban J connectivity index is 1.77. The van der Waals surface area contributed by atoms with Gasteiger partial charge in [-0.1, -0.05) is 18.9 Å². The highest BCUT2D eigenvalue weighted by molar-refractivity contribution is 6.21. The third-order valence-corrected chi connectivity index (χ3v) is 4.33. The van der Waals surface area contributed by atoms with Gasteiger partial charge in [0.25, 0.3) is 5.91 Å². The molecular weight excluding hydrogens is 278 g/mol. The lowest BCUT2D eigenvalue weighted by Crippen LogP contribution is -2.43. The Morgan fingerprint density at radius 1 is 1.20 bits per heavy atom. The van der Waals surface area contributed by atoms with Crippen molar-refractivity contribution < 1.29 is 14.3 Å². The van der Waals surface area contributed by atoms with Gasteiger partial charge in [-0.25, -0.2) is 0 Å². The number of benzene rings is 1. The Bertz CT molecular complexity index is 506. The lowest BCUT2D eigenvalue weighted by molar-refractivity contribution is 0.0917. The molecule has 1 amide bonds. The van der Waals surface area contributed by atoms with E-state index in [2.05, 4.69) is 5.32 Å². The first-order chi connectivity index (χ1) is 9.75. The van der Waals surface area contributed by atoms with Crippen molar-refractivity contribution in [3.63, 3.8) is 0 Å². The molecule has 1 aromatic rings. The highest BCUT2D eigenvalue weighted by atomic mass is 35.5. The van der Waals surface area contributed by atoms with Gasteiger partial charge in [0.05, 0.1) is 10.9 Å². The maximum absolute atomic E-state index is 12.4. The average molecular weight is 296 g/mol. The molecule has 1 saturated carbocycles. The van der Waals surface area contributed by atoms with E-state index in [0.717, 1.165) is 25.7 Å². The second-order valence-corrected chi connectivity index (χ2v) is 5.77. The van der Waals surface area contributed by atoms with Gasteiger partial charge in [-0.3, -0.25) is 4.79 Å². The molecular formula is C15H18ClNO3. The lowest BCUT2D eigenvalue weighted by atomic mass is 9.94. The van der Waals surface area contributed by atoms with Crippen LogP contribution in [0.4, 0.5) is 0 Å². The van der Waals surface area contributed by atoms with Crippen LogP contribution in [-0.4, -0.2) is 30.5 Å². The van der Waals surface area contributed by atoms with Gasteiger partial charge in [0.15, 0.2) is 11.5 Å². The van der Waals surface area contributed by atoms with E-state index < -0.39 is 0 Å². The first-order valence-corrected chi connectivity index (χ1v) is 7.53. The number of hydrogen-bond donors (Lipinski definition) is 1. The maximum atomic E-state index is 12.4. The Morgan fingerprint density at radius 2 is 2.00 bits per heavy atom. The number of nitrogens with one attached hydrogen (secondary N) is 1. The first kappa shape index (κ1) is 13.6. The second kappa shape index (κ2) is 5.92. The molecule has 1 aromatic carbocycles. The monoisotopic (exact) mass is 295 g/mol. The van der Waals surface area contributed by atoms with E-state index in [4.69, 9.17) is 21.1 Å². The van der Waals surface area contributed by atoms with Crippen LogP contribution in [0.3, 0.4) is 0 Å². The largest absolute Gasteiger partial charge is 0.486 e. The minimum atomic E-state index is -0.134. The summed E-state index contributed by atoms with van der Waals surface area (Å²) in [4.78, 5) is 12.4. The third-order valence-electron chi connectivity index (χ3n) is 3.81. The zero-order valence-electron chi connectivity index (χ0n) is 11.2. The highest BCUT2D eigenvalue weighted by Crippen LogP contribution is 2.34. The summed E-state index contributed by atoms with van der Waals surface area (Å²) in [6.45, 7) is 0.989. The van der Waals surface area contributed by atoms with Crippen LogP contribution >= 0.6 is 11.6 Å². The summed E-state index contributed by atoms with van der Waals surface area (Å²) in [6, 6.07) is 5.42. The van der Waals surface area contributed by atoms with Crippen LogP contribution in [0.15, 0.2) is 18.2 Å². The Labute approximate surface area is 123 Å². The minimum Gasteiger partial charge on any atom is -0.486 e. The molecule has 1 aliphatic heterocycles. The number of hydrogen-bond acceptors (Lipinski definition) is 3. The number of rotatable bonds is 2. The van der Waals surface area contributed by atoms with Gasteiger partial charge in [-0.05, 0) is 25.0 Å². The van der Waals surface area contributed by atoms with Crippen LogP contribution in [0.1, 0.15) is 36.0 Å². The van der Waals surface area contributed by atoms with Crippen molar-refractivity contribution in [2.45, 2.75) is 37.1 Å². The van der Waals surface area contributed by atoms with E-state index in [1.54, 1.807) is 6.07 Å². The zero-order chi connectivity index (χ0) is 13.9. The van der Waals surface area contributed by atoms with Crippen molar-refractivity contribution in [2.24, 2.45) is 0 Å². The number of carbonyl (C=O) groups excluding carboxylic acids is 1. The molecule has 0 saturated heterocycles. The number of fused-ring (bicyclic) bond motifs is 1. The molecule has 4 nitrogen and oxygen atoms in total. The molecule has 2 unspecified atom stereocenters. The fraction of sp³-hybridized carbons (Fsp3) is 0.533. The molecule has 2 atom stereocenters. The molecule has 1 fully saturated rings. The van der Waals surface area contributed by atoms with E-state index in [0.29, 0.717) is 30.3 Å². The van der Waals surface area contributed by atoms with Gasteiger partial charge < -0.3 is 14.8 Å². The van der Waals surface area contributed by atoms with E-state index in [9.17, 15) is 4.79 Å². The Hall–Kier alpha value is -1.42. The van der Waals surface area contributed by atoms with Crippen molar-refractivity contribution in [1.29, 1.82) is 0 Å². The van der Waals surface area contributed by atoms with Crippen molar-refractivity contribution in [3.05, 3.63) is 23.8 Å². The molecule has 2 aliphatic rings. The Morgan fingerprint density at radius 3 is 2.85 bits per heavy atom. The van der Waals surface area contributed by atoms with Gasteiger partial charge in [-0.2, -0.15) is 0 Å². The molecule has 20 heavy (non-hydrogen) atoms. The van der Waals surface area contributed by atoms with Crippen molar-refractivity contribution >= 4 is 17.5 Å². The predicted octanol–water partition coefficient (Wildman–Crippen LogP) is 2.74. The quantitative estimate of drug-likeness (QED) is 0.854. The predicted molar refractivity (Wildman–Crippen MR) is 76.8 cm³/mol. The van der Waals surface area contributed by atoms with Crippen LogP contribution in [0.2, 0.25) is 0 Å². The topological polar surface area (TPSA) is 47.6 Å². The molecule has 108 valence electrons. The number of ether oxygens (including phenoxy) is 2. The zero-order valence-corrected chi connectivity index (χ0v) is 12.0. The summed E-state index contributed by atoms with van der Waals surface area (Å²) in [7, 11) is 0. The highest BCUT2D eigenvalue weighted by Gasteiger charge is 2.27. The van der Waals surface area contributed by atoms with Gasteiger partial charge >= 0.3 is 0 Å². The number of para-hydroxylation sites is 1. The van der Waals surface area contributed by atoms with E-state index in [-0.39, 0.29) is 17.3 Å². The minimum absolute atomic E-state index is 0.0180. The third kappa shape index (κ3) is 2.70. The summed E-state index contributed by atoms with van der Waals surface area (Å²) < 4.78 is 11.1. The molecule has 1 aliphatic carbocycles.